The van der Waals surface area contributed by atoms with Crippen LogP contribution in [0.1, 0.15) is 70.3 Å². The van der Waals surface area contributed by atoms with E-state index in [0.717, 1.165) is 41.7 Å². The monoisotopic (exact) mass is 499 g/mol. The molecule has 5 nitrogen and oxygen atoms in total. The number of hydrogen-bond acceptors (Lipinski definition) is 5. The normalized spacial score (nSPS) is 18.2. The summed E-state index contributed by atoms with van der Waals surface area (Å²) >= 11 is 0. The molecule has 37 heavy (non-hydrogen) atoms. The number of aromatic nitrogens is 2. The fourth-order valence-corrected chi connectivity index (χ4v) is 5.37. The molecule has 2 aromatic carbocycles. The van der Waals surface area contributed by atoms with Crippen molar-refractivity contribution in [1.29, 1.82) is 0 Å². The Labute approximate surface area is 223 Å². The Balaban J connectivity index is 1.26. The van der Waals surface area contributed by atoms with E-state index in [-0.39, 0.29) is 0 Å². The lowest BCUT2D eigenvalue weighted by Gasteiger charge is -2.29. The van der Waals surface area contributed by atoms with Gasteiger partial charge in [-0.1, -0.05) is 80.3 Å². The third-order valence-corrected chi connectivity index (χ3v) is 7.49. The maximum atomic E-state index is 4.84. The molecular formula is C32H45N5. The Kier molecular flexibility index (Phi) is 10.4. The van der Waals surface area contributed by atoms with E-state index >= 15 is 0 Å². The minimum absolute atomic E-state index is 0.444. The molecule has 1 aliphatic rings. The number of hydrogen-bond donors (Lipinski definition) is 2. The van der Waals surface area contributed by atoms with Crippen LogP contribution in [0.4, 0.5) is 11.8 Å². The second-order valence-electron chi connectivity index (χ2n) is 10.8. The van der Waals surface area contributed by atoms with Gasteiger partial charge in [0.2, 0.25) is 5.95 Å². The molecule has 2 N–H and O–H groups in total. The quantitative estimate of drug-likeness (QED) is 0.242. The first-order valence-corrected chi connectivity index (χ1v) is 14.3. The van der Waals surface area contributed by atoms with Crippen LogP contribution in [0.2, 0.25) is 0 Å². The number of fused-ring (bicyclic) bond motifs is 1. The SMILES string of the molecule is CCCCCCC(=Cc1ccccc1)CNCC1CCC(Nc2nc(N(C)C)c3ccccc3n2)CC1. The molecule has 1 aliphatic carbocycles. The summed E-state index contributed by atoms with van der Waals surface area (Å²) in [5.41, 5.74) is 3.84. The zero-order valence-electron chi connectivity index (χ0n) is 23.0. The van der Waals surface area contributed by atoms with Gasteiger partial charge in [-0.25, -0.2) is 4.98 Å². The van der Waals surface area contributed by atoms with Gasteiger partial charge >= 0.3 is 0 Å². The summed E-state index contributed by atoms with van der Waals surface area (Å²) in [5, 5.41) is 8.54. The minimum Gasteiger partial charge on any atom is -0.362 e. The maximum Gasteiger partial charge on any atom is 0.225 e. The van der Waals surface area contributed by atoms with E-state index in [0.29, 0.717) is 6.04 Å². The van der Waals surface area contributed by atoms with Crippen LogP contribution in [0, 0.1) is 5.92 Å². The molecule has 3 aromatic rings. The van der Waals surface area contributed by atoms with E-state index in [1.807, 2.05) is 26.2 Å². The molecule has 1 heterocycles. The lowest BCUT2D eigenvalue weighted by Crippen LogP contribution is -2.32. The largest absolute Gasteiger partial charge is 0.362 e. The summed E-state index contributed by atoms with van der Waals surface area (Å²) in [5.74, 6) is 2.47. The van der Waals surface area contributed by atoms with E-state index in [4.69, 9.17) is 9.97 Å². The van der Waals surface area contributed by atoms with Gasteiger partial charge in [0, 0.05) is 32.1 Å². The third kappa shape index (κ3) is 8.29. The Morgan fingerprint density at radius 1 is 0.919 bits per heavy atom. The summed E-state index contributed by atoms with van der Waals surface area (Å²) in [4.78, 5) is 11.7. The second kappa shape index (κ2) is 14.1. The van der Waals surface area contributed by atoms with Crippen molar-refractivity contribution in [2.75, 3.05) is 37.4 Å². The zero-order chi connectivity index (χ0) is 25.9. The molecule has 1 saturated carbocycles. The lowest BCUT2D eigenvalue weighted by molar-refractivity contribution is 0.327. The highest BCUT2D eigenvalue weighted by atomic mass is 15.2. The van der Waals surface area contributed by atoms with Crippen molar-refractivity contribution in [3.05, 3.63) is 65.7 Å². The van der Waals surface area contributed by atoms with Crippen LogP contribution >= 0.6 is 0 Å². The molecule has 0 aliphatic heterocycles. The summed E-state index contributed by atoms with van der Waals surface area (Å²) in [7, 11) is 4.09. The van der Waals surface area contributed by atoms with Crippen molar-refractivity contribution in [2.45, 2.75) is 70.8 Å². The van der Waals surface area contributed by atoms with Crippen molar-refractivity contribution in [3.8, 4) is 0 Å². The molecule has 0 bridgehead atoms. The summed E-state index contributed by atoms with van der Waals surface area (Å²) in [6.07, 6.45) is 13.7. The molecule has 4 rings (SSSR count). The van der Waals surface area contributed by atoms with Gasteiger partial charge in [0.05, 0.1) is 5.52 Å². The van der Waals surface area contributed by atoms with Crippen molar-refractivity contribution in [3.63, 3.8) is 0 Å². The van der Waals surface area contributed by atoms with Crippen molar-refractivity contribution < 1.29 is 0 Å². The lowest BCUT2D eigenvalue weighted by atomic mass is 9.86. The van der Waals surface area contributed by atoms with Crippen LogP contribution in [0.25, 0.3) is 17.0 Å². The van der Waals surface area contributed by atoms with E-state index < -0.39 is 0 Å². The highest BCUT2D eigenvalue weighted by Crippen LogP contribution is 2.28. The fourth-order valence-electron chi connectivity index (χ4n) is 5.37. The Bertz CT molecular complexity index is 1120. The molecule has 0 atom stereocenters. The van der Waals surface area contributed by atoms with Crippen LogP contribution in [0.5, 0.6) is 0 Å². The molecule has 5 heteroatoms. The van der Waals surface area contributed by atoms with Crippen molar-refractivity contribution in [1.82, 2.24) is 15.3 Å². The Morgan fingerprint density at radius 3 is 2.43 bits per heavy atom. The van der Waals surface area contributed by atoms with E-state index in [9.17, 15) is 0 Å². The number of nitrogens with one attached hydrogen (secondary N) is 2. The number of nitrogens with zero attached hydrogens (tertiary/aromatic N) is 3. The standard InChI is InChI=1S/C32H45N5/c1-4-5-6-8-15-27(22-25-13-9-7-10-14-25)24-33-23-26-18-20-28(21-19-26)34-32-35-30-17-12-11-16-29(30)31(36-32)37(2)3/h7,9-14,16-17,22,26,28,33H,4-6,8,15,18-21,23-24H2,1-3H3,(H,34,35,36). The average molecular weight is 500 g/mol. The minimum atomic E-state index is 0.444. The van der Waals surface area contributed by atoms with Crippen LogP contribution in [0.15, 0.2) is 60.2 Å². The highest BCUT2D eigenvalue weighted by molar-refractivity contribution is 5.90. The van der Waals surface area contributed by atoms with Gasteiger partial charge in [0.1, 0.15) is 5.82 Å². The van der Waals surface area contributed by atoms with E-state index in [1.165, 1.54) is 68.9 Å². The van der Waals surface area contributed by atoms with Gasteiger partial charge < -0.3 is 15.5 Å². The summed E-state index contributed by atoms with van der Waals surface area (Å²) < 4.78 is 0. The summed E-state index contributed by atoms with van der Waals surface area (Å²) in [6, 6.07) is 19.5. The molecule has 198 valence electrons. The van der Waals surface area contributed by atoms with Gasteiger partial charge in [-0.05, 0) is 68.7 Å². The maximum absolute atomic E-state index is 4.84. The van der Waals surface area contributed by atoms with Crippen LogP contribution in [-0.4, -0.2) is 43.2 Å². The van der Waals surface area contributed by atoms with Gasteiger partial charge in [0.15, 0.2) is 0 Å². The predicted molar refractivity (Wildman–Crippen MR) is 159 cm³/mol. The number of unbranched alkanes of at least 4 members (excludes halogenated alkanes) is 3. The van der Waals surface area contributed by atoms with Crippen molar-refractivity contribution in [2.24, 2.45) is 5.92 Å². The first kappa shape index (κ1) is 27.1. The first-order chi connectivity index (χ1) is 18.1. The van der Waals surface area contributed by atoms with Crippen LogP contribution < -0.4 is 15.5 Å². The number of para-hydroxylation sites is 1. The van der Waals surface area contributed by atoms with Crippen molar-refractivity contribution >= 4 is 28.7 Å². The molecule has 1 fully saturated rings. The Hall–Kier alpha value is -2.92. The first-order valence-electron chi connectivity index (χ1n) is 14.3. The number of benzene rings is 2. The van der Waals surface area contributed by atoms with Gasteiger partial charge in [-0.2, -0.15) is 4.98 Å². The van der Waals surface area contributed by atoms with Gasteiger partial charge in [-0.15, -0.1) is 0 Å². The third-order valence-electron chi connectivity index (χ3n) is 7.49. The fraction of sp³-hybridized carbons (Fsp3) is 0.500. The summed E-state index contributed by atoms with van der Waals surface area (Å²) in [6.45, 7) is 4.38. The second-order valence-corrected chi connectivity index (χ2v) is 10.8. The molecule has 0 radical (unpaired) electrons. The van der Waals surface area contributed by atoms with Crippen LogP contribution in [0.3, 0.4) is 0 Å². The molecule has 0 unspecified atom stereocenters. The highest BCUT2D eigenvalue weighted by Gasteiger charge is 2.22. The molecule has 0 amide bonds. The van der Waals surface area contributed by atoms with Gasteiger partial charge in [-0.3, -0.25) is 0 Å². The Morgan fingerprint density at radius 2 is 1.68 bits per heavy atom. The average Bonchev–Trinajstić information content (AvgIpc) is 2.92. The molecule has 0 saturated heterocycles. The number of anilines is 2. The van der Waals surface area contributed by atoms with Gasteiger partial charge in [0.25, 0.3) is 0 Å². The molecule has 1 aromatic heterocycles. The molecule has 0 spiro atoms. The topological polar surface area (TPSA) is 53.1 Å². The number of rotatable bonds is 13. The molecular weight excluding hydrogens is 454 g/mol. The van der Waals surface area contributed by atoms with E-state index in [2.05, 4.69) is 71.0 Å². The zero-order valence-corrected chi connectivity index (χ0v) is 23.0. The van der Waals surface area contributed by atoms with Crippen LogP contribution in [-0.2, 0) is 0 Å². The van der Waals surface area contributed by atoms with E-state index in [1.54, 1.807) is 0 Å². The smallest absolute Gasteiger partial charge is 0.225 e. The predicted octanol–water partition coefficient (Wildman–Crippen LogP) is 7.31.